The number of carbonyl (C=O) groups excluding carboxylic acids is 1. The first-order chi connectivity index (χ1) is 10.1. The maximum atomic E-state index is 12.2. The lowest BCUT2D eigenvalue weighted by Gasteiger charge is -2.16. The second-order valence-corrected chi connectivity index (χ2v) is 6.56. The molecule has 0 spiro atoms. The molecule has 0 aromatic heterocycles. The van der Waals surface area contributed by atoms with Crippen LogP contribution in [-0.2, 0) is 9.59 Å². The molecule has 4 nitrogen and oxygen atoms in total. The van der Waals surface area contributed by atoms with E-state index in [2.05, 4.69) is 5.32 Å². The number of nitrogens with one attached hydrogen (secondary N) is 1. The van der Waals surface area contributed by atoms with Gasteiger partial charge in [0.05, 0.1) is 5.69 Å². The molecule has 1 fully saturated rings. The average molecular weight is 307 g/mol. The van der Waals surface area contributed by atoms with Gasteiger partial charge in [-0.05, 0) is 31.4 Å². The van der Waals surface area contributed by atoms with Gasteiger partial charge in [0.2, 0.25) is 5.91 Å². The second kappa shape index (κ2) is 7.50. The highest BCUT2D eigenvalue weighted by Crippen LogP contribution is 2.33. The molecule has 1 atom stereocenters. The van der Waals surface area contributed by atoms with Gasteiger partial charge in [-0.1, -0.05) is 31.9 Å². The van der Waals surface area contributed by atoms with Gasteiger partial charge in [-0.25, -0.2) is 0 Å². The number of carbonyl (C=O) groups is 2. The average Bonchev–Trinajstić information content (AvgIpc) is 3.00. The largest absolute Gasteiger partial charge is 0.480 e. The lowest BCUT2D eigenvalue weighted by molar-refractivity contribution is -0.136. The number of anilines is 1. The minimum atomic E-state index is -0.820. The number of carboxylic acids is 1. The van der Waals surface area contributed by atoms with Gasteiger partial charge in [0, 0.05) is 10.8 Å². The molecular formula is C16H21NO3S. The third-order valence-corrected chi connectivity index (χ3v) is 5.22. The van der Waals surface area contributed by atoms with Gasteiger partial charge >= 0.3 is 5.97 Å². The summed E-state index contributed by atoms with van der Waals surface area (Å²) in [4.78, 5) is 24.2. The summed E-state index contributed by atoms with van der Waals surface area (Å²) in [6, 6.07) is 7.42. The zero-order chi connectivity index (χ0) is 15.2. The number of rotatable bonds is 6. The smallest absolute Gasteiger partial charge is 0.316 e. The summed E-state index contributed by atoms with van der Waals surface area (Å²) in [6.07, 6.45) is 4.68. The summed E-state index contributed by atoms with van der Waals surface area (Å²) in [6.45, 7) is 1.85. The van der Waals surface area contributed by atoms with Crippen molar-refractivity contribution < 1.29 is 14.7 Å². The maximum absolute atomic E-state index is 12.2. The minimum Gasteiger partial charge on any atom is -0.480 e. The molecule has 1 aromatic rings. The van der Waals surface area contributed by atoms with Gasteiger partial charge in [-0.3, -0.25) is 9.59 Å². The van der Waals surface area contributed by atoms with Gasteiger partial charge in [-0.15, -0.1) is 11.8 Å². The predicted octanol–water partition coefficient (Wildman–Crippen LogP) is 3.77. The Kier molecular flexibility index (Phi) is 5.67. The molecule has 1 saturated carbocycles. The van der Waals surface area contributed by atoms with E-state index in [0.29, 0.717) is 6.42 Å². The van der Waals surface area contributed by atoms with E-state index in [0.717, 1.165) is 36.3 Å². The Hall–Kier alpha value is -1.49. The zero-order valence-electron chi connectivity index (χ0n) is 12.2. The van der Waals surface area contributed by atoms with Crippen LogP contribution in [0.3, 0.4) is 0 Å². The quantitative estimate of drug-likeness (QED) is 0.785. The van der Waals surface area contributed by atoms with Crippen LogP contribution in [0.2, 0.25) is 0 Å². The molecule has 0 unspecified atom stereocenters. The van der Waals surface area contributed by atoms with Crippen molar-refractivity contribution >= 4 is 29.3 Å². The summed E-state index contributed by atoms with van der Waals surface area (Å²) < 4.78 is 0. The Morgan fingerprint density at radius 1 is 1.33 bits per heavy atom. The Morgan fingerprint density at radius 3 is 2.62 bits per heavy atom. The van der Waals surface area contributed by atoms with E-state index in [1.54, 1.807) is 0 Å². The highest BCUT2D eigenvalue weighted by Gasteiger charge is 2.24. The van der Waals surface area contributed by atoms with Crippen molar-refractivity contribution in [3.8, 4) is 0 Å². The standard InChI is InChI=1S/C16H21NO3S/c1-2-13(16(19)20)21-14-10-6-5-9-12(14)17-15(18)11-7-3-4-8-11/h5-6,9-11,13H,2-4,7-8H2,1H3,(H,17,18)(H,19,20)/t13-/m0/s1. The van der Waals surface area contributed by atoms with Crippen molar-refractivity contribution in [3.05, 3.63) is 24.3 Å². The number of benzene rings is 1. The molecule has 0 aliphatic heterocycles. The van der Waals surface area contributed by atoms with E-state index in [9.17, 15) is 14.7 Å². The fourth-order valence-corrected chi connectivity index (χ4v) is 3.53. The van der Waals surface area contributed by atoms with Crippen LogP contribution in [0.1, 0.15) is 39.0 Å². The van der Waals surface area contributed by atoms with Crippen LogP contribution in [0.4, 0.5) is 5.69 Å². The number of amides is 1. The van der Waals surface area contributed by atoms with Gasteiger partial charge in [0.15, 0.2) is 0 Å². The van der Waals surface area contributed by atoms with Crippen molar-refractivity contribution in [2.75, 3.05) is 5.32 Å². The molecule has 21 heavy (non-hydrogen) atoms. The molecule has 1 amide bonds. The number of hydrogen-bond acceptors (Lipinski definition) is 3. The van der Waals surface area contributed by atoms with Crippen LogP contribution in [0.25, 0.3) is 0 Å². The molecule has 2 N–H and O–H groups in total. The van der Waals surface area contributed by atoms with Crippen molar-refractivity contribution in [1.82, 2.24) is 0 Å². The number of carboxylic acid groups (broad SMARTS) is 1. The van der Waals surface area contributed by atoms with Crippen LogP contribution in [0.5, 0.6) is 0 Å². The first kappa shape index (κ1) is 15.9. The fraction of sp³-hybridized carbons (Fsp3) is 0.500. The maximum Gasteiger partial charge on any atom is 0.316 e. The molecule has 2 rings (SSSR count). The zero-order valence-corrected chi connectivity index (χ0v) is 13.0. The first-order valence-electron chi connectivity index (χ1n) is 7.41. The molecule has 0 saturated heterocycles. The summed E-state index contributed by atoms with van der Waals surface area (Å²) in [7, 11) is 0. The van der Waals surface area contributed by atoms with Crippen LogP contribution in [0.15, 0.2) is 29.2 Å². The fourth-order valence-electron chi connectivity index (χ4n) is 2.56. The summed E-state index contributed by atoms with van der Waals surface area (Å²) in [5, 5.41) is 11.6. The highest BCUT2D eigenvalue weighted by atomic mass is 32.2. The highest BCUT2D eigenvalue weighted by molar-refractivity contribution is 8.00. The Labute approximate surface area is 129 Å². The van der Waals surface area contributed by atoms with Gasteiger partial charge in [0.25, 0.3) is 0 Å². The number of hydrogen-bond donors (Lipinski definition) is 2. The van der Waals surface area contributed by atoms with Gasteiger partial charge in [-0.2, -0.15) is 0 Å². The first-order valence-corrected chi connectivity index (χ1v) is 8.29. The summed E-state index contributed by atoms with van der Waals surface area (Å²) in [5.74, 6) is -0.659. The van der Waals surface area contributed by atoms with E-state index < -0.39 is 11.2 Å². The Morgan fingerprint density at radius 2 is 2.00 bits per heavy atom. The summed E-state index contributed by atoms with van der Waals surface area (Å²) in [5.41, 5.74) is 0.721. The third kappa shape index (κ3) is 4.24. The van der Waals surface area contributed by atoms with Crippen molar-refractivity contribution in [2.24, 2.45) is 5.92 Å². The molecule has 114 valence electrons. The van der Waals surface area contributed by atoms with Crippen LogP contribution >= 0.6 is 11.8 Å². The van der Waals surface area contributed by atoms with Crippen LogP contribution < -0.4 is 5.32 Å². The SMILES string of the molecule is CC[C@H](Sc1ccccc1NC(=O)C1CCCC1)C(=O)O. The number of thioether (sulfide) groups is 1. The summed E-state index contributed by atoms with van der Waals surface area (Å²) >= 11 is 1.29. The molecular weight excluding hydrogens is 286 g/mol. The lowest BCUT2D eigenvalue weighted by Crippen LogP contribution is -2.21. The predicted molar refractivity (Wildman–Crippen MR) is 84.6 cm³/mol. The molecule has 1 aromatic carbocycles. The Balaban J connectivity index is 2.09. The minimum absolute atomic E-state index is 0.0592. The van der Waals surface area contributed by atoms with Crippen molar-refractivity contribution in [2.45, 2.75) is 49.2 Å². The molecule has 1 aliphatic rings. The van der Waals surface area contributed by atoms with Gasteiger partial charge in [0.1, 0.15) is 5.25 Å². The monoisotopic (exact) mass is 307 g/mol. The van der Waals surface area contributed by atoms with E-state index in [1.807, 2.05) is 31.2 Å². The van der Waals surface area contributed by atoms with Gasteiger partial charge < -0.3 is 10.4 Å². The third-order valence-electron chi connectivity index (χ3n) is 3.79. The van der Waals surface area contributed by atoms with Crippen molar-refractivity contribution in [1.29, 1.82) is 0 Å². The Bertz CT molecular complexity index is 512. The molecule has 5 heteroatoms. The van der Waals surface area contributed by atoms with E-state index in [4.69, 9.17) is 0 Å². The lowest BCUT2D eigenvalue weighted by atomic mass is 10.1. The van der Waals surface area contributed by atoms with Crippen molar-refractivity contribution in [3.63, 3.8) is 0 Å². The normalized spacial score (nSPS) is 16.6. The molecule has 0 radical (unpaired) electrons. The molecule has 1 aliphatic carbocycles. The van der Waals surface area contributed by atoms with E-state index in [-0.39, 0.29) is 11.8 Å². The molecule has 0 bridgehead atoms. The van der Waals surface area contributed by atoms with E-state index in [1.165, 1.54) is 11.8 Å². The number of aliphatic carboxylic acids is 1. The second-order valence-electron chi connectivity index (χ2n) is 5.32. The topological polar surface area (TPSA) is 66.4 Å². The number of para-hydroxylation sites is 1. The van der Waals surface area contributed by atoms with Crippen LogP contribution in [0, 0.1) is 5.92 Å². The van der Waals surface area contributed by atoms with E-state index >= 15 is 0 Å². The van der Waals surface area contributed by atoms with Crippen LogP contribution in [-0.4, -0.2) is 22.2 Å². The molecule has 0 heterocycles.